The van der Waals surface area contributed by atoms with E-state index in [1.807, 2.05) is 0 Å². The highest BCUT2D eigenvalue weighted by atomic mass is 15.1. The van der Waals surface area contributed by atoms with Gasteiger partial charge in [0.1, 0.15) is 0 Å². The van der Waals surface area contributed by atoms with Crippen LogP contribution in [0.1, 0.15) is 37.3 Å². The van der Waals surface area contributed by atoms with Gasteiger partial charge in [-0.2, -0.15) is 0 Å². The first-order chi connectivity index (χ1) is 9.31. The number of hydrogen-bond acceptors (Lipinski definition) is 2. The van der Waals surface area contributed by atoms with Crippen LogP contribution in [0.15, 0.2) is 35.9 Å². The van der Waals surface area contributed by atoms with Gasteiger partial charge < -0.3 is 5.32 Å². The van der Waals surface area contributed by atoms with Gasteiger partial charge in [0, 0.05) is 32.2 Å². The fourth-order valence-electron chi connectivity index (χ4n) is 2.62. The summed E-state index contributed by atoms with van der Waals surface area (Å²) in [7, 11) is 0. The molecule has 1 fully saturated rings. The van der Waals surface area contributed by atoms with Crippen LogP contribution in [0.4, 0.5) is 0 Å². The second-order valence-electron chi connectivity index (χ2n) is 5.96. The van der Waals surface area contributed by atoms with Crippen molar-refractivity contribution < 1.29 is 0 Å². The molecule has 0 spiro atoms. The van der Waals surface area contributed by atoms with Crippen LogP contribution in [0.2, 0.25) is 0 Å². The summed E-state index contributed by atoms with van der Waals surface area (Å²) in [5.41, 5.74) is 4.50. The van der Waals surface area contributed by atoms with Crippen molar-refractivity contribution >= 4 is 0 Å². The van der Waals surface area contributed by atoms with E-state index in [9.17, 15) is 0 Å². The SMILES string of the molecule is CC1=CCN(Cc2ccccc2CNC2CC2)CC1. The van der Waals surface area contributed by atoms with Gasteiger partial charge in [0.2, 0.25) is 0 Å². The lowest BCUT2D eigenvalue weighted by molar-refractivity contribution is 0.285. The lowest BCUT2D eigenvalue weighted by Gasteiger charge is -2.26. The molecule has 2 nitrogen and oxygen atoms in total. The monoisotopic (exact) mass is 256 g/mol. The van der Waals surface area contributed by atoms with Crippen molar-refractivity contribution in [1.82, 2.24) is 10.2 Å². The standard InChI is InChI=1S/C17H24N2/c1-14-8-10-19(11-9-14)13-16-5-3-2-4-15(16)12-18-17-6-7-17/h2-5,8,17-18H,6-7,9-13H2,1H3. The van der Waals surface area contributed by atoms with Crippen LogP contribution in [0.3, 0.4) is 0 Å². The Morgan fingerprint density at radius 3 is 2.68 bits per heavy atom. The molecule has 19 heavy (non-hydrogen) atoms. The van der Waals surface area contributed by atoms with Crippen LogP contribution in [0.25, 0.3) is 0 Å². The molecule has 0 amide bonds. The van der Waals surface area contributed by atoms with E-state index in [0.29, 0.717) is 0 Å². The van der Waals surface area contributed by atoms with E-state index < -0.39 is 0 Å². The van der Waals surface area contributed by atoms with Crippen molar-refractivity contribution in [1.29, 1.82) is 0 Å². The van der Waals surface area contributed by atoms with Crippen molar-refractivity contribution in [2.45, 2.75) is 45.3 Å². The highest BCUT2D eigenvalue weighted by Crippen LogP contribution is 2.21. The number of nitrogens with one attached hydrogen (secondary N) is 1. The molecule has 102 valence electrons. The fraction of sp³-hybridized carbons (Fsp3) is 0.529. The summed E-state index contributed by atoms with van der Waals surface area (Å²) in [6.07, 6.45) is 6.31. The van der Waals surface area contributed by atoms with Crippen LogP contribution < -0.4 is 5.32 Å². The van der Waals surface area contributed by atoms with Gasteiger partial charge in [0.15, 0.2) is 0 Å². The van der Waals surface area contributed by atoms with Crippen LogP contribution in [-0.2, 0) is 13.1 Å². The topological polar surface area (TPSA) is 15.3 Å². The maximum absolute atomic E-state index is 3.63. The molecule has 3 rings (SSSR count). The van der Waals surface area contributed by atoms with Gasteiger partial charge in [-0.25, -0.2) is 0 Å². The van der Waals surface area contributed by atoms with Gasteiger partial charge in [0.05, 0.1) is 0 Å². The highest BCUT2D eigenvalue weighted by molar-refractivity contribution is 5.27. The van der Waals surface area contributed by atoms with Crippen molar-refractivity contribution in [3.05, 3.63) is 47.0 Å². The van der Waals surface area contributed by atoms with Gasteiger partial charge >= 0.3 is 0 Å². The fourth-order valence-corrected chi connectivity index (χ4v) is 2.62. The third kappa shape index (κ3) is 3.68. The molecule has 2 heteroatoms. The van der Waals surface area contributed by atoms with E-state index in [4.69, 9.17) is 0 Å². The minimum Gasteiger partial charge on any atom is -0.310 e. The lowest BCUT2D eigenvalue weighted by Crippen LogP contribution is -2.28. The van der Waals surface area contributed by atoms with Gasteiger partial charge in [-0.3, -0.25) is 4.90 Å². The zero-order valence-corrected chi connectivity index (χ0v) is 11.9. The summed E-state index contributed by atoms with van der Waals surface area (Å²) in [6, 6.07) is 9.67. The largest absolute Gasteiger partial charge is 0.310 e. The smallest absolute Gasteiger partial charge is 0.0240 e. The van der Waals surface area contributed by atoms with Gasteiger partial charge in [0.25, 0.3) is 0 Å². The first kappa shape index (κ1) is 12.9. The number of nitrogens with zero attached hydrogens (tertiary/aromatic N) is 1. The lowest BCUT2D eigenvalue weighted by atomic mass is 10.0. The predicted molar refractivity (Wildman–Crippen MR) is 80.0 cm³/mol. The molecular weight excluding hydrogens is 232 g/mol. The normalized spacial score (nSPS) is 20.4. The molecule has 0 aromatic heterocycles. The van der Waals surface area contributed by atoms with E-state index in [1.165, 1.54) is 36.9 Å². The molecule has 1 heterocycles. The van der Waals surface area contributed by atoms with Gasteiger partial charge in [-0.15, -0.1) is 0 Å². The molecule has 0 radical (unpaired) electrons. The summed E-state index contributed by atoms with van der Waals surface area (Å²) in [6.45, 7) is 6.67. The molecule has 1 N–H and O–H groups in total. The number of benzene rings is 1. The van der Waals surface area contributed by atoms with Crippen LogP contribution in [0, 0.1) is 0 Å². The van der Waals surface area contributed by atoms with E-state index >= 15 is 0 Å². The molecule has 2 aliphatic rings. The van der Waals surface area contributed by atoms with Crippen LogP contribution >= 0.6 is 0 Å². The minimum absolute atomic E-state index is 0.786. The zero-order chi connectivity index (χ0) is 13.1. The molecule has 1 aromatic carbocycles. The van der Waals surface area contributed by atoms with E-state index in [-0.39, 0.29) is 0 Å². The summed E-state index contributed by atoms with van der Waals surface area (Å²) in [4.78, 5) is 2.54. The number of hydrogen-bond donors (Lipinski definition) is 1. The maximum atomic E-state index is 3.63. The summed E-state index contributed by atoms with van der Waals surface area (Å²) in [5, 5.41) is 3.63. The third-order valence-corrected chi connectivity index (χ3v) is 4.19. The molecule has 0 unspecified atom stereocenters. The van der Waals surface area contributed by atoms with Gasteiger partial charge in [-0.05, 0) is 37.3 Å². The summed E-state index contributed by atoms with van der Waals surface area (Å²) in [5.74, 6) is 0. The average Bonchev–Trinajstić information content (AvgIpc) is 3.25. The Balaban J connectivity index is 1.62. The molecule has 1 saturated carbocycles. The third-order valence-electron chi connectivity index (χ3n) is 4.19. The molecule has 0 bridgehead atoms. The van der Waals surface area contributed by atoms with E-state index in [0.717, 1.165) is 25.7 Å². The first-order valence-electron chi connectivity index (χ1n) is 7.49. The molecule has 1 aliphatic heterocycles. The van der Waals surface area contributed by atoms with E-state index in [2.05, 4.69) is 47.5 Å². The van der Waals surface area contributed by atoms with Crippen LogP contribution in [-0.4, -0.2) is 24.0 Å². The zero-order valence-electron chi connectivity index (χ0n) is 11.9. The van der Waals surface area contributed by atoms with Crippen molar-refractivity contribution in [2.24, 2.45) is 0 Å². The summed E-state index contributed by atoms with van der Waals surface area (Å²) < 4.78 is 0. The quantitative estimate of drug-likeness (QED) is 0.814. The second kappa shape index (κ2) is 5.89. The van der Waals surface area contributed by atoms with Gasteiger partial charge in [-0.1, -0.05) is 35.9 Å². The number of rotatable bonds is 5. The van der Waals surface area contributed by atoms with Crippen molar-refractivity contribution in [3.8, 4) is 0 Å². The molecule has 1 aromatic rings. The second-order valence-corrected chi connectivity index (χ2v) is 5.96. The molecule has 0 saturated heterocycles. The summed E-state index contributed by atoms with van der Waals surface area (Å²) >= 11 is 0. The van der Waals surface area contributed by atoms with E-state index in [1.54, 1.807) is 5.57 Å². The first-order valence-corrected chi connectivity index (χ1v) is 7.49. The Kier molecular flexibility index (Phi) is 4.00. The Morgan fingerprint density at radius 2 is 2.00 bits per heavy atom. The Bertz CT molecular complexity index is 460. The van der Waals surface area contributed by atoms with Crippen LogP contribution in [0.5, 0.6) is 0 Å². The molecular formula is C17H24N2. The Morgan fingerprint density at radius 1 is 1.21 bits per heavy atom. The Hall–Kier alpha value is -1.12. The predicted octanol–water partition coefficient (Wildman–Crippen LogP) is 3.09. The van der Waals surface area contributed by atoms with Crippen molar-refractivity contribution in [2.75, 3.05) is 13.1 Å². The maximum Gasteiger partial charge on any atom is 0.0240 e. The minimum atomic E-state index is 0.786. The molecule has 0 atom stereocenters. The highest BCUT2D eigenvalue weighted by Gasteiger charge is 2.20. The Labute approximate surface area is 116 Å². The van der Waals surface area contributed by atoms with Crippen molar-refractivity contribution in [3.63, 3.8) is 0 Å². The average molecular weight is 256 g/mol. The molecule has 1 aliphatic carbocycles.